The summed E-state index contributed by atoms with van der Waals surface area (Å²) in [5.41, 5.74) is 2.30. The van der Waals surface area contributed by atoms with Crippen LogP contribution in [-0.2, 0) is 14.3 Å². The van der Waals surface area contributed by atoms with Gasteiger partial charge in [0, 0.05) is 43.5 Å². The molecule has 1 saturated carbocycles. The van der Waals surface area contributed by atoms with Crippen molar-refractivity contribution in [3.8, 4) is 22.8 Å². The van der Waals surface area contributed by atoms with Crippen LogP contribution in [0.2, 0.25) is 0 Å². The zero-order valence-corrected chi connectivity index (χ0v) is 27.9. The van der Waals surface area contributed by atoms with Gasteiger partial charge in [0.1, 0.15) is 23.2 Å². The van der Waals surface area contributed by atoms with Crippen molar-refractivity contribution < 1.29 is 38.8 Å². The minimum absolute atomic E-state index is 0.00306. The quantitative estimate of drug-likeness (QED) is 0.150. The van der Waals surface area contributed by atoms with Crippen LogP contribution < -0.4 is 14.8 Å². The Balaban J connectivity index is 1.72. The van der Waals surface area contributed by atoms with Crippen LogP contribution in [0.4, 0.5) is 0 Å². The molecule has 1 heterocycles. The van der Waals surface area contributed by atoms with E-state index in [2.05, 4.69) is 10.3 Å². The molecule has 0 radical (unpaired) electrons. The molecular weight excluding hydrogens is 616 g/mol. The summed E-state index contributed by atoms with van der Waals surface area (Å²) < 4.78 is 15.9. The Morgan fingerprint density at radius 3 is 2.38 bits per heavy atom. The number of aromatic nitrogens is 1. The molecule has 12 heteroatoms. The van der Waals surface area contributed by atoms with E-state index < -0.39 is 12.0 Å². The number of carbonyl (C=O) groups is 3. The number of amides is 2. The molecule has 3 aromatic rings. The summed E-state index contributed by atoms with van der Waals surface area (Å²) >= 11 is 0. The van der Waals surface area contributed by atoms with Crippen molar-refractivity contribution in [3.63, 3.8) is 0 Å². The summed E-state index contributed by atoms with van der Waals surface area (Å²) in [6, 6.07) is 16.8. The van der Waals surface area contributed by atoms with Gasteiger partial charge in [0.25, 0.3) is 5.91 Å². The van der Waals surface area contributed by atoms with Gasteiger partial charge >= 0.3 is 5.97 Å². The number of hydrogen-bond donors (Lipinski definition) is 4. The van der Waals surface area contributed by atoms with Crippen LogP contribution in [0, 0.1) is 0 Å². The molecule has 1 fully saturated rings. The fourth-order valence-corrected chi connectivity index (χ4v) is 6.11. The van der Waals surface area contributed by atoms with Crippen LogP contribution >= 0.6 is 0 Å². The second-order valence-corrected chi connectivity index (χ2v) is 11.8. The van der Waals surface area contributed by atoms with Crippen LogP contribution in [0.25, 0.3) is 11.3 Å². The minimum atomic E-state index is -1.02. The SMILES string of the molecule is COC(=O)COc1cccc(C(C(=O)NC2CCCCC2)N(CCCN(CCO)CCO)C(=O)c2ccc(-c3ccccc3OC)[nH]2)c1. The van der Waals surface area contributed by atoms with E-state index in [9.17, 15) is 24.6 Å². The van der Waals surface area contributed by atoms with Crippen molar-refractivity contribution in [2.75, 3.05) is 60.2 Å². The molecule has 0 spiro atoms. The van der Waals surface area contributed by atoms with Crippen LogP contribution in [0.5, 0.6) is 11.5 Å². The van der Waals surface area contributed by atoms with Gasteiger partial charge in [-0.2, -0.15) is 0 Å². The molecule has 0 aliphatic heterocycles. The van der Waals surface area contributed by atoms with Crippen molar-refractivity contribution in [2.24, 2.45) is 0 Å². The molecule has 1 unspecified atom stereocenters. The molecule has 1 aromatic heterocycles. The lowest BCUT2D eigenvalue weighted by atomic mass is 9.94. The first-order valence-electron chi connectivity index (χ1n) is 16.6. The number of rotatable bonds is 18. The number of carbonyl (C=O) groups excluding carboxylic acids is 3. The maximum atomic E-state index is 14.5. The minimum Gasteiger partial charge on any atom is -0.496 e. The highest BCUT2D eigenvalue weighted by molar-refractivity contribution is 5.97. The van der Waals surface area contributed by atoms with E-state index in [-0.39, 0.29) is 44.2 Å². The number of aliphatic hydroxyl groups excluding tert-OH is 2. The molecule has 1 aliphatic carbocycles. The number of esters is 1. The monoisotopic (exact) mass is 664 g/mol. The van der Waals surface area contributed by atoms with Crippen LogP contribution in [-0.4, -0.2) is 109 Å². The fraction of sp³-hybridized carbons (Fsp3) is 0.472. The average Bonchev–Trinajstić information content (AvgIpc) is 3.61. The van der Waals surface area contributed by atoms with E-state index in [1.165, 1.54) is 7.11 Å². The van der Waals surface area contributed by atoms with E-state index in [1.54, 1.807) is 42.3 Å². The first kappa shape index (κ1) is 36.4. The molecule has 4 N–H and O–H groups in total. The molecule has 260 valence electrons. The summed E-state index contributed by atoms with van der Waals surface area (Å²) in [6.45, 7) is 0.994. The maximum Gasteiger partial charge on any atom is 0.343 e. The number of aromatic amines is 1. The Morgan fingerprint density at radius 2 is 1.67 bits per heavy atom. The predicted octanol–water partition coefficient (Wildman–Crippen LogP) is 3.55. The van der Waals surface area contributed by atoms with E-state index in [0.717, 1.165) is 37.7 Å². The Kier molecular flexibility index (Phi) is 14.3. The Bertz CT molecular complexity index is 1470. The van der Waals surface area contributed by atoms with E-state index in [0.29, 0.717) is 54.5 Å². The van der Waals surface area contributed by atoms with Crippen LogP contribution in [0.15, 0.2) is 60.7 Å². The smallest absolute Gasteiger partial charge is 0.343 e. The van der Waals surface area contributed by atoms with Gasteiger partial charge in [0.15, 0.2) is 6.61 Å². The third-order valence-corrected chi connectivity index (χ3v) is 8.55. The molecule has 2 aromatic carbocycles. The average molecular weight is 665 g/mol. The molecule has 12 nitrogen and oxygen atoms in total. The number of para-hydroxylation sites is 1. The molecule has 4 rings (SSSR count). The molecule has 2 amide bonds. The largest absolute Gasteiger partial charge is 0.496 e. The molecule has 0 bridgehead atoms. The summed E-state index contributed by atoms with van der Waals surface area (Å²) in [7, 11) is 2.87. The second-order valence-electron chi connectivity index (χ2n) is 11.8. The van der Waals surface area contributed by atoms with Crippen LogP contribution in [0.1, 0.15) is 60.6 Å². The number of nitrogens with one attached hydrogen (secondary N) is 2. The summed E-state index contributed by atoms with van der Waals surface area (Å²) in [5.74, 6) is -0.222. The third kappa shape index (κ3) is 10.1. The number of ether oxygens (including phenoxy) is 3. The highest BCUT2D eigenvalue weighted by Crippen LogP contribution is 2.31. The van der Waals surface area contributed by atoms with Gasteiger partial charge in [-0.05, 0) is 61.2 Å². The second kappa shape index (κ2) is 18.8. The van der Waals surface area contributed by atoms with Gasteiger partial charge < -0.3 is 39.6 Å². The van der Waals surface area contributed by atoms with Gasteiger partial charge in [0.05, 0.1) is 27.4 Å². The number of aliphatic hydroxyl groups is 2. The molecular formula is C36H48N4O8. The number of hydrogen-bond acceptors (Lipinski definition) is 9. The van der Waals surface area contributed by atoms with E-state index in [1.807, 2.05) is 35.2 Å². The Labute approximate surface area is 282 Å². The molecule has 0 saturated heterocycles. The number of methoxy groups -OCH3 is 2. The maximum absolute atomic E-state index is 14.5. The van der Waals surface area contributed by atoms with Crippen molar-refractivity contribution in [3.05, 3.63) is 71.9 Å². The zero-order chi connectivity index (χ0) is 34.3. The van der Waals surface area contributed by atoms with Gasteiger partial charge in [-0.25, -0.2) is 4.79 Å². The summed E-state index contributed by atoms with van der Waals surface area (Å²) in [4.78, 5) is 47.3. The standard InChI is InChI=1S/C36H48N4O8/c1-46-32-15-7-6-14-29(32)30-16-17-31(38-30)36(45)40(19-9-18-39(20-22-41)21-23-42)34(35(44)37-27-11-4-3-5-12-27)26-10-8-13-28(24-26)48-25-33(43)47-2/h6-8,10,13-17,24,27,34,38,41-42H,3-5,9,11-12,18-23,25H2,1-2H3,(H,37,44). The molecule has 48 heavy (non-hydrogen) atoms. The van der Waals surface area contributed by atoms with Crippen molar-refractivity contribution in [1.82, 2.24) is 20.1 Å². The number of H-pyrrole nitrogens is 1. The Morgan fingerprint density at radius 1 is 0.917 bits per heavy atom. The topological polar surface area (TPSA) is 154 Å². The van der Waals surface area contributed by atoms with Gasteiger partial charge in [-0.3, -0.25) is 14.5 Å². The lowest BCUT2D eigenvalue weighted by molar-refractivity contribution is -0.143. The molecule has 1 aliphatic rings. The van der Waals surface area contributed by atoms with Gasteiger partial charge in [-0.1, -0.05) is 43.5 Å². The third-order valence-electron chi connectivity index (χ3n) is 8.55. The van der Waals surface area contributed by atoms with E-state index >= 15 is 0 Å². The highest BCUT2D eigenvalue weighted by atomic mass is 16.6. The fourth-order valence-electron chi connectivity index (χ4n) is 6.11. The lowest BCUT2D eigenvalue weighted by Crippen LogP contribution is -2.48. The number of nitrogens with zero attached hydrogens (tertiary/aromatic N) is 2. The highest BCUT2D eigenvalue weighted by Gasteiger charge is 2.34. The lowest BCUT2D eigenvalue weighted by Gasteiger charge is -2.34. The molecule has 1 atom stereocenters. The summed E-state index contributed by atoms with van der Waals surface area (Å²) in [5, 5.41) is 22.3. The number of benzene rings is 2. The van der Waals surface area contributed by atoms with Crippen molar-refractivity contribution in [2.45, 2.75) is 50.6 Å². The first-order valence-corrected chi connectivity index (χ1v) is 16.6. The van der Waals surface area contributed by atoms with Crippen molar-refractivity contribution in [1.29, 1.82) is 0 Å². The normalized spacial score (nSPS) is 13.9. The Hall–Kier alpha value is -4.39. The van der Waals surface area contributed by atoms with Gasteiger partial charge in [-0.15, -0.1) is 0 Å². The zero-order valence-electron chi connectivity index (χ0n) is 27.9. The van der Waals surface area contributed by atoms with Crippen LogP contribution in [0.3, 0.4) is 0 Å². The first-order chi connectivity index (χ1) is 23.4. The van der Waals surface area contributed by atoms with Crippen molar-refractivity contribution >= 4 is 17.8 Å². The predicted molar refractivity (Wildman–Crippen MR) is 181 cm³/mol. The summed E-state index contributed by atoms with van der Waals surface area (Å²) in [6.07, 6.45) is 5.37. The van der Waals surface area contributed by atoms with E-state index in [4.69, 9.17) is 14.2 Å². The van der Waals surface area contributed by atoms with Gasteiger partial charge in [0.2, 0.25) is 5.91 Å².